The molecular weight excluding hydrogens is 259 g/mol. The molecule has 1 aliphatic heterocycles. The maximum Gasteiger partial charge on any atom is 0.254 e. The molecule has 3 rings (SSSR count). The monoisotopic (exact) mass is 274 g/mol. The van der Waals surface area contributed by atoms with Crippen LogP contribution in [0.1, 0.15) is 10.4 Å². The molecule has 1 aliphatic rings. The number of amides is 1. The molecule has 2 heterocycles. The second kappa shape index (κ2) is 5.42. The van der Waals surface area contributed by atoms with Crippen LogP contribution in [0.3, 0.4) is 0 Å². The summed E-state index contributed by atoms with van der Waals surface area (Å²) < 4.78 is 15.5. The SMILES string of the molecule is O=C(c1ccc(-n2cccn2)c(F)c1)N1CCNCC1. The van der Waals surface area contributed by atoms with Crippen molar-refractivity contribution in [3.8, 4) is 5.69 Å². The molecule has 0 aliphatic carbocycles. The average molecular weight is 274 g/mol. The number of piperazine rings is 1. The Kier molecular flexibility index (Phi) is 3.47. The molecule has 1 fully saturated rings. The van der Waals surface area contributed by atoms with Crippen molar-refractivity contribution in [1.29, 1.82) is 0 Å². The fourth-order valence-corrected chi connectivity index (χ4v) is 2.29. The maximum absolute atomic E-state index is 14.1. The number of nitrogens with one attached hydrogen (secondary N) is 1. The van der Waals surface area contributed by atoms with Gasteiger partial charge in [-0.15, -0.1) is 0 Å². The van der Waals surface area contributed by atoms with Gasteiger partial charge in [-0.05, 0) is 24.3 Å². The summed E-state index contributed by atoms with van der Waals surface area (Å²) >= 11 is 0. The molecule has 0 saturated carbocycles. The van der Waals surface area contributed by atoms with Gasteiger partial charge in [0.1, 0.15) is 11.5 Å². The van der Waals surface area contributed by atoms with Crippen LogP contribution in [-0.2, 0) is 0 Å². The number of hydrogen-bond donors (Lipinski definition) is 1. The molecule has 1 aromatic heterocycles. The highest BCUT2D eigenvalue weighted by Gasteiger charge is 2.19. The zero-order valence-electron chi connectivity index (χ0n) is 10.9. The highest BCUT2D eigenvalue weighted by atomic mass is 19.1. The summed E-state index contributed by atoms with van der Waals surface area (Å²) in [6.07, 6.45) is 3.25. The van der Waals surface area contributed by atoms with Gasteiger partial charge in [-0.2, -0.15) is 5.10 Å². The standard InChI is InChI=1S/C14H15FN4O/c15-12-10-11(14(20)18-8-5-16-6-9-18)2-3-13(12)19-7-1-4-17-19/h1-4,7,10,16H,5-6,8-9H2. The second-order valence-electron chi connectivity index (χ2n) is 4.66. The van der Waals surface area contributed by atoms with Crippen LogP contribution in [0.2, 0.25) is 0 Å². The maximum atomic E-state index is 14.1. The van der Waals surface area contributed by atoms with E-state index in [2.05, 4.69) is 10.4 Å². The zero-order chi connectivity index (χ0) is 13.9. The topological polar surface area (TPSA) is 50.2 Å². The molecule has 2 aromatic rings. The smallest absolute Gasteiger partial charge is 0.254 e. The number of halogens is 1. The van der Waals surface area contributed by atoms with Gasteiger partial charge in [0.25, 0.3) is 5.91 Å². The highest BCUT2D eigenvalue weighted by Crippen LogP contribution is 2.16. The van der Waals surface area contributed by atoms with Crippen LogP contribution in [0.5, 0.6) is 0 Å². The predicted octanol–water partition coefficient (Wildman–Crippen LogP) is 1.06. The van der Waals surface area contributed by atoms with Crippen LogP contribution >= 0.6 is 0 Å². The van der Waals surface area contributed by atoms with Gasteiger partial charge < -0.3 is 10.2 Å². The molecule has 104 valence electrons. The van der Waals surface area contributed by atoms with Crippen LogP contribution in [0.25, 0.3) is 5.69 Å². The van der Waals surface area contributed by atoms with Crippen molar-refractivity contribution in [2.24, 2.45) is 0 Å². The Bertz CT molecular complexity index is 606. The summed E-state index contributed by atoms with van der Waals surface area (Å²) in [7, 11) is 0. The Balaban J connectivity index is 1.84. The summed E-state index contributed by atoms with van der Waals surface area (Å²) in [5.41, 5.74) is 0.715. The Morgan fingerprint density at radius 3 is 2.75 bits per heavy atom. The minimum atomic E-state index is -0.449. The molecule has 0 spiro atoms. The molecule has 0 unspecified atom stereocenters. The quantitative estimate of drug-likeness (QED) is 0.891. The van der Waals surface area contributed by atoms with Crippen LogP contribution in [0.4, 0.5) is 4.39 Å². The summed E-state index contributed by atoms with van der Waals surface area (Å²) in [5, 5.41) is 7.17. The summed E-state index contributed by atoms with van der Waals surface area (Å²) in [6, 6.07) is 6.23. The zero-order valence-corrected chi connectivity index (χ0v) is 10.9. The van der Waals surface area contributed by atoms with Gasteiger partial charge in [0.2, 0.25) is 0 Å². The molecule has 1 amide bonds. The van der Waals surface area contributed by atoms with E-state index >= 15 is 0 Å². The van der Waals surface area contributed by atoms with E-state index in [1.54, 1.807) is 35.5 Å². The predicted molar refractivity (Wildman–Crippen MR) is 72.3 cm³/mol. The fourth-order valence-electron chi connectivity index (χ4n) is 2.29. The van der Waals surface area contributed by atoms with E-state index in [4.69, 9.17) is 0 Å². The van der Waals surface area contributed by atoms with E-state index in [0.717, 1.165) is 13.1 Å². The van der Waals surface area contributed by atoms with Gasteiger partial charge >= 0.3 is 0 Å². The second-order valence-corrected chi connectivity index (χ2v) is 4.66. The Hall–Kier alpha value is -2.21. The third-order valence-corrected chi connectivity index (χ3v) is 3.35. The Morgan fingerprint density at radius 1 is 1.30 bits per heavy atom. The minimum Gasteiger partial charge on any atom is -0.336 e. The van der Waals surface area contributed by atoms with Gasteiger partial charge in [-0.3, -0.25) is 4.79 Å². The van der Waals surface area contributed by atoms with Crippen molar-refractivity contribution in [3.05, 3.63) is 48.0 Å². The first-order valence-corrected chi connectivity index (χ1v) is 6.55. The number of carbonyl (C=O) groups is 1. The molecule has 1 N–H and O–H groups in total. The first-order valence-electron chi connectivity index (χ1n) is 6.55. The van der Waals surface area contributed by atoms with Crippen molar-refractivity contribution in [3.63, 3.8) is 0 Å². The van der Waals surface area contributed by atoms with E-state index in [0.29, 0.717) is 24.3 Å². The molecule has 1 saturated heterocycles. The average Bonchev–Trinajstić information content (AvgIpc) is 3.01. The van der Waals surface area contributed by atoms with E-state index in [1.165, 1.54) is 10.7 Å². The molecule has 6 heteroatoms. The summed E-state index contributed by atoms with van der Waals surface area (Å²) in [6.45, 7) is 2.86. The third-order valence-electron chi connectivity index (χ3n) is 3.35. The van der Waals surface area contributed by atoms with Crippen LogP contribution in [0.15, 0.2) is 36.7 Å². The largest absolute Gasteiger partial charge is 0.336 e. The number of hydrogen-bond acceptors (Lipinski definition) is 3. The molecule has 1 aromatic carbocycles. The lowest BCUT2D eigenvalue weighted by Crippen LogP contribution is -2.46. The van der Waals surface area contributed by atoms with E-state index in [1.807, 2.05) is 0 Å². The summed E-state index contributed by atoms with van der Waals surface area (Å²) in [5.74, 6) is -0.577. The normalized spacial score (nSPS) is 15.3. The number of nitrogens with zero attached hydrogens (tertiary/aromatic N) is 3. The number of aromatic nitrogens is 2. The van der Waals surface area contributed by atoms with Gasteiger partial charge in [0.05, 0.1) is 0 Å². The Morgan fingerprint density at radius 2 is 2.10 bits per heavy atom. The first-order chi connectivity index (χ1) is 9.75. The van der Waals surface area contributed by atoms with E-state index in [9.17, 15) is 9.18 Å². The molecule has 0 atom stereocenters. The molecule has 0 radical (unpaired) electrons. The fraction of sp³-hybridized carbons (Fsp3) is 0.286. The van der Waals surface area contributed by atoms with E-state index in [-0.39, 0.29) is 5.91 Å². The van der Waals surface area contributed by atoms with Crippen molar-refractivity contribution in [2.75, 3.05) is 26.2 Å². The van der Waals surface area contributed by atoms with Gasteiger partial charge in [-0.1, -0.05) is 0 Å². The molecule has 20 heavy (non-hydrogen) atoms. The lowest BCUT2D eigenvalue weighted by molar-refractivity contribution is 0.0735. The van der Waals surface area contributed by atoms with Crippen molar-refractivity contribution >= 4 is 5.91 Å². The first kappa shape index (κ1) is 12.8. The summed E-state index contributed by atoms with van der Waals surface area (Å²) in [4.78, 5) is 14.0. The van der Waals surface area contributed by atoms with Crippen molar-refractivity contribution in [1.82, 2.24) is 20.0 Å². The van der Waals surface area contributed by atoms with Gasteiger partial charge in [0, 0.05) is 44.1 Å². The van der Waals surface area contributed by atoms with Crippen LogP contribution in [-0.4, -0.2) is 46.8 Å². The minimum absolute atomic E-state index is 0.127. The molecule has 0 bridgehead atoms. The lowest BCUT2D eigenvalue weighted by Gasteiger charge is -2.27. The van der Waals surface area contributed by atoms with E-state index < -0.39 is 5.82 Å². The number of benzene rings is 1. The van der Waals surface area contributed by atoms with Crippen LogP contribution in [0, 0.1) is 5.82 Å². The lowest BCUT2D eigenvalue weighted by atomic mass is 10.1. The molecular formula is C14H15FN4O. The molecule has 5 nitrogen and oxygen atoms in total. The number of carbonyl (C=O) groups excluding carboxylic acids is 1. The van der Waals surface area contributed by atoms with Gasteiger partial charge in [-0.25, -0.2) is 9.07 Å². The van der Waals surface area contributed by atoms with Gasteiger partial charge in [0.15, 0.2) is 0 Å². The number of rotatable bonds is 2. The van der Waals surface area contributed by atoms with Crippen molar-refractivity contribution < 1.29 is 9.18 Å². The van der Waals surface area contributed by atoms with Crippen LogP contribution < -0.4 is 5.32 Å². The van der Waals surface area contributed by atoms with Crippen molar-refractivity contribution in [2.45, 2.75) is 0 Å². The third kappa shape index (κ3) is 2.42. The highest BCUT2D eigenvalue weighted by molar-refractivity contribution is 5.94. The Labute approximate surface area is 116 Å².